The summed E-state index contributed by atoms with van der Waals surface area (Å²) in [6, 6.07) is 4.47. The molecule has 1 fully saturated rings. The van der Waals surface area contributed by atoms with Crippen LogP contribution in [0.15, 0.2) is 41.3 Å². The van der Waals surface area contributed by atoms with E-state index in [0.717, 1.165) is 5.82 Å². The maximum atomic E-state index is 13.7. The van der Waals surface area contributed by atoms with Gasteiger partial charge < -0.3 is 14.5 Å². The molecule has 8 heteroatoms. The molecule has 1 aliphatic rings. The van der Waals surface area contributed by atoms with Crippen LogP contribution in [0.25, 0.3) is 0 Å². The largest absolute Gasteiger partial charge is 0.481 e. The number of carbonyl (C=O) groups is 1. The molecule has 3 rings (SSSR count). The fraction of sp³-hybridized carbons (Fsp3) is 0.312. The lowest BCUT2D eigenvalue weighted by atomic mass is 10.3. The fourth-order valence-corrected chi connectivity index (χ4v) is 2.80. The summed E-state index contributed by atoms with van der Waals surface area (Å²) in [6.45, 7) is 2.32. The Balaban J connectivity index is 1.50. The molecule has 2 aromatic rings. The molecule has 1 saturated heterocycles. The molecule has 0 spiro atoms. The Morgan fingerprint density at radius 3 is 2.71 bits per heavy atom. The van der Waals surface area contributed by atoms with Crippen LogP contribution in [0.2, 0.25) is 0 Å². The zero-order valence-corrected chi connectivity index (χ0v) is 14.4. The Kier molecular flexibility index (Phi) is 5.24. The first-order valence-corrected chi connectivity index (χ1v) is 8.29. The van der Waals surface area contributed by atoms with E-state index in [9.17, 15) is 9.18 Å². The van der Waals surface area contributed by atoms with Gasteiger partial charge in [-0.2, -0.15) is 0 Å². The number of nitrogens with zero attached hydrogens (tertiary/aromatic N) is 4. The van der Waals surface area contributed by atoms with Gasteiger partial charge in [0.25, 0.3) is 5.91 Å². The van der Waals surface area contributed by atoms with Crippen LogP contribution in [0.3, 0.4) is 0 Å². The predicted octanol–water partition coefficient (Wildman–Crippen LogP) is 2.11. The summed E-state index contributed by atoms with van der Waals surface area (Å²) in [4.78, 5) is 24.3. The summed E-state index contributed by atoms with van der Waals surface area (Å²) < 4.78 is 19.6. The Bertz CT molecular complexity index is 708. The van der Waals surface area contributed by atoms with E-state index in [2.05, 4.69) is 30.8 Å². The first kappa shape index (κ1) is 16.6. The average molecular weight is 395 g/mol. The van der Waals surface area contributed by atoms with Crippen LogP contribution in [0.4, 0.5) is 10.2 Å². The molecule has 6 nitrogen and oxygen atoms in total. The summed E-state index contributed by atoms with van der Waals surface area (Å²) in [7, 11) is 0. The van der Waals surface area contributed by atoms with Crippen molar-refractivity contribution in [2.75, 3.05) is 37.7 Å². The fourth-order valence-electron chi connectivity index (χ4n) is 2.46. The molecule has 0 aliphatic carbocycles. The van der Waals surface area contributed by atoms with Gasteiger partial charge in [-0.1, -0.05) is 15.9 Å². The maximum absolute atomic E-state index is 13.7. The van der Waals surface area contributed by atoms with Crippen LogP contribution < -0.4 is 9.64 Å². The molecule has 1 aromatic carbocycles. The van der Waals surface area contributed by atoms with Gasteiger partial charge in [0.2, 0.25) is 0 Å². The number of aromatic nitrogens is 2. The smallest absolute Gasteiger partial charge is 0.260 e. The van der Waals surface area contributed by atoms with Crippen molar-refractivity contribution in [2.24, 2.45) is 0 Å². The highest BCUT2D eigenvalue weighted by Crippen LogP contribution is 2.21. The molecule has 1 amide bonds. The molecule has 2 heterocycles. The van der Waals surface area contributed by atoms with Gasteiger partial charge in [0.1, 0.15) is 5.82 Å². The Hall–Kier alpha value is -2.22. The normalized spacial score (nSPS) is 14.6. The molecule has 0 saturated carbocycles. The second kappa shape index (κ2) is 7.57. The van der Waals surface area contributed by atoms with E-state index in [4.69, 9.17) is 4.74 Å². The minimum Gasteiger partial charge on any atom is -0.481 e. The topological polar surface area (TPSA) is 58.6 Å². The van der Waals surface area contributed by atoms with E-state index in [1.165, 1.54) is 12.1 Å². The quantitative estimate of drug-likeness (QED) is 0.794. The van der Waals surface area contributed by atoms with Crippen molar-refractivity contribution < 1.29 is 13.9 Å². The number of rotatable bonds is 4. The van der Waals surface area contributed by atoms with E-state index in [0.29, 0.717) is 30.7 Å². The molecule has 126 valence electrons. The highest BCUT2D eigenvalue weighted by molar-refractivity contribution is 9.10. The monoisotopic (exact) mass is 394 g/mol. The maximum Gasteiger partial charge on any atom is 0.260 e. The highest BCUT2D eigenvalue weighted by Gasteiger charge is 2.22. The summed E-state index contributed by atoms with van der Waals surface area (Å²) >= 11 is 3.18. The Morgan fingerprint density at radius 1 is 1.25 bits per heavy atom. The minimum absolute atomic E-state index is 0.0738. The number of carbonyl (C=O) groups excluding carboxylic acids is 1. The Labute approximate surface area is 147 Å². The van der Waals surface area contributed by atoms with Crippen LogP contribution in [0.5, 0.6) is 5.75 Å². The summed E-state index contributed by atoms with van der Waals surface area (Å²) in [5.41, 5.74) is 0. The second-order valence-electron chi connectivity index (χ2n) is 5.29. The zero-order valence-electron chi connectivity index (χ0n) is 12.9. The summed E-state index contributed by atoms with van der Waals surface area (Å²) in [6.07, 6.45) is 4.98. The lowest BCUT2D eigenvalue weighted by Gasteiger charge is -2.35. The van der Waals surface area contributed by atoms with Crippen LogP contribution >= 0.6 is 15.9 Å². The van der Waals surface area contributed by atoms with Gasteiger partial charge in [-0.15, -0.1) is 0 Å². The van der Waals surface area contributed by atoms with Crippen molar-refractivity contribution in [1.29, 1.82) is 0 Å². The number of benzene rings is 1. The second-order valence-corrected chi connectivity index (χ2v) is 6.21. The van der Waals surface area contributed by atoms with E-state index >= 15 is 0 Å². The number of piperazine rings is 1. The molecule has 0 unspecified atom stereocenters. The lowest BCUT2D eigenvalue weighted by Crippen LogP contribution is -2.50. The predicted molar refractivity (Wildman–Crippen MR) is 90.4 cm³/mol. The molecule has 1 aliphatic heterocycles. The first-order valence-electron chi connectivity index (χ1n) is 7.50. The summed E-state index contributed by atoms with van der Waals surface area (Å²) in [5.74, 6) is 0.225. The number of halogens is 2. The molecule has 0 radical (unpaired) electrons. The zero-order chi connectivity index (χ0) is 16.9. The molecule has 0 N–H and O–H groups in total. The van der Waals surface area contributed by atoms with E-state index in [1.807, 2.05) is 0 Å². The third kappa shape index (κ3) is 4.00. The van der Waals surface area contributed by atoms with Crippen LogP contribution in [0.1, 0.15) is 0 Å². The number of ether oxygens (including phenoxy) is 1. The van der Waals surface area contributed by atoms with Gasteiger partial charge >= 0.3 is 0 Å². The van der Waals surface area contributed by atoms with E-state index < -0.39 is 5.82 Å². The number of hydrogen-bond donors (Lipinski definition) is 0. The van der Waals surface area contributed by atoms with Crippen LogP contribution in [-0.2, 0) is 4.79 Å². The van der Waals surface area contributed by atoms with Crippen molar-refractivity contribution in [2.45, 2.75) is 0 Å². The van der Waals surface area contributed by atoms with Gasteiger partial charge in [-0.25, -0.2) is 9.37 Å². The molecular weight excluding hydrogens is 379 g/mol. The van der Waals surface area contributed by atoms with Crippen molar-refractivity contribution in [3.63, 3.8) is 0 Å². The minimum atomic E-state index is -0.496. The molecule has 0 atom stereocenters. The van der Waals surface area contributed by atoms with E-state index in [-0.39, 0.29) is 18.3 Å². The Morgan fingerprint density at radius 2 is 2.04 bits per heavy atom. The van der Waals surface area contributed by atoms with Gasteiger partial charge in [-0.05, 0) is 18.2 Å². The van der Waals surface area contributed by atoms with Crippen molar-refractivity contribution in [3.05, 3.63) is 47.1 Å². The van der Waals surface area contributed by atoms with Gasteiger partial charge in [0.15, 0.2) is 18.2 Å². The third-order valence-electron chi connectivity index (χ3n) is 3.75. The third-order valence-corrected chi connectivity index (χ3v) is 4.24. The standard InChI is InChI=1S/C16H16BrFN4O2/c17-12-1-2-14(13(18)9-12)24-11-16(23)22-7-5-21(6-8-22)15-10-19-3-4-20-15/h1-4,9-10H,5-8,11H2. The molecule has 0 bridgehead atoms. The SMILES string of the molecule is O=C(COc1ccc(Br)cc1F)N1CCN(c2cnccn2)CC1. The van der Waals surface area contributed by atoms with Gasteiger partial charge in [-0.3, -0.25) is 9.78 Å². The number of anilines is 1. The number of amides is 1. The molecule has 24 heavy (non-hydrogen) atoms. The number of hydrogen-bond acceptors (Lipinski definition) is 5. The highest BCUT2D eigenvalue weighted by atomic mass is 79.9. The first-order chi connectivity index (χ1) is 11.6. The van der Waals surface area contributed by atoms with Crippen molar-refractivity contribution in [1.82, 2.24) is 14.9 Å². The summed E-state index contributed by atoms with van der Waals surface area (Å²) in [5, 5.41) is 0. The van der Waals surface area contributed by atoms with Crippen LogP contribution in [-0.4, -0.2) is 53.6 Å². The lowest BCUT2D eigenvalue weighted by molar-refractivity contribution is -0.133. The van der Waals surface area contributed by atoms with Crippen LogP contribution in [0, 0.1) is 5.82 Å². The van der Waals surface area contributed by atoms with Crippen molar-refractivity contribution >= 4 is 27.7 Å². The molecule has 1 aromatic heterocycles. The van der Waals surface area contributed by atoms with Gasteiger partial charge in [0, 0.05) is 43.0 Å². The van der Waals surface area contributed by atoms with E-state index in [1.54, 1.807) is 29.6 Å². The van der Waals surface area contributed by atoms with Crippen molar-refractivity contribution in [3.8, 4) is 5.75 Å². The molecular formula is C16H16BrFN4O2. The average Bonchev–Trinajstić information content (AvgIpc) is 2.62. The van der Waals surface area contributed by atoms with Gasteiger partial charge in [0.05, 0.1) is 6.20 Å².